The van der Waals surface area contributed by atoms with E-state index in [0.29, 0.717) is 12.5 Å². The SMILES string of the molecule is CNCc1cc(C)nc(OCCC(C)(C)OC)c1. The number of nitrogens with zero attached hydrogens (tertiary/aromatic N) is 1. The number of hydrogen-bond donors (Lipinski definition) is 1. The van der Waals surface area contributed by atoms with Crippen LogP contribution in [0.2, 0.25) is 0 Å². The van der Waals surface area contributed by atoms with Gasteiger partial charge in [0.1, 0.15) is 0 Å². The Hall–Kier alpha value is -1.13. The van der Waals surface area contributed by atoms with Gasteiger partial charge < -0.3 is 14.8 Å². The van der Waals surface area contributed by atoms with E-state index < -0.39 is 0 Å². The van der Waals surface area contributed by atoms with Crippen LogP contribution in [0.4, 0.5) is 0 Å². The molecule has 0 aromatic carbocycles. The van der Waals surface area contributed by atoms with Gasteiger partial charge in [-0.15, -0.1) is 0 Å². The summed E-state index contributed by atoms with van der Waals surface area (Å²) in [5.74, 6) is 0.687. The fourth-order valence-corrected chi connectivity index (χ4v) is 1.59. The smallest absolute Gasteiger partial charge is 0.213 e. The number of methoxy groups -OCH3 is 1. The molecule has 1 aromatic heterocycles. The van der Waals surface area contributed by atoms with E-state index in [1.165, 1.54) is 5.56 Å². The molecule has 4 heteroatoms. The van der Waals surface area contributed by atoms with Gasteiger partial charge in [-0.1, -0.05) is 0 Å². The van der Waals surface area contributed by atoms with Crippen LogP contribution >= 0.6 is 0 Å². The van der Waals surface area contributed by atoms with E-state index in [0.717, 1.165) is 18.7 Å². The minimum atomic E-state index is -0.155. The minimum absolute atomic E-state index is 0.155. The molecule has 1 N–H and O–H groups in total. The van der Waals surface area contributed by atoms with Crippen molar-refractivity contribution >= 4 is 0 Å². The molecule has 0 radical (unpaired) electrons. The quantitative estimate of drug-likeness (QED) is 0.808. The number of ether oxygens (including phenoxy) is 2. The Morgan fingerprint density at radius 1 is 1.33 bits per heavy atom. The predicted molar refractivity (Wildman–Crippen MR) is 72.9 cm³/mol. The molecule has 0 atom stereocenters. The van der Waals surface area contributed by atoms with E-state index in [9.17, 15) is 0 Å². The van der Waals surface area contributed by atoms with Gasteiger partial charge in [0.15, 0.2) is 0 Å². The number of pyridine rings is 1. The number of rotatable bonds is 7. The van der Waals surface area contributed by atoms with Gasteiger partial charge in [-0.25, -0.2) is 4.98 Å². The molecule has 0 aliphatic rings. The summed E-state index contributed by atoms with van der Waals surface area (Å²) in [6.45, 7) is 7.50. The predicted octanol–water partition coefficient (Wildman–Crippen LogP) is 2.30. The van der Waals surface area contributed by atoms with Crippen LogP contribution in [0.5, 0.6) is 5.88 Å². The van der Waals surface area contributed by atoms with E-state index >= 15 is 0 Å². The Balaban J connectivity index is 2.56. The zero-order valence-electron chi connectivity index (χ0n) is 12.0. The zero-order valence-corrected chi connectivity index (χ0v) is 12.0. The van der Waals surface area contributed by atoms with E-state index in [2.05, 4.69) is 16.4 Å². The summed E-state index contributed by atoms with van der Waals surface area (Å²) in [5.41, 5.74) is 2.01. The zero-order chi connectivity index (χ0) is 13.6. The van der Waals surface area contributed by atoms with E-state index in [1.807, 2.05) is 33.9 Å². The van der Waals surface area contributed by atoms with Crippen molar-refractivity contribution in [3.63, 3.8) is 0 Å². The van der Waals surface area contributed by atoms with Crippen molar-refractivity contribution < 1.29 is 9.47 Å². The first-order valence-electron chi connectivity index (χ1n) is 6.27. The van der Waals surface area contributed by atoms with Crippen LogP contribution in [0.15, 0.2) is 12.1 Å². The maximum absolute atomic E-state index is 5.69. The Kier molecular flexibility index (Phi) is 5.56. The lowest BCUT2D eigenvalue weighted by atomic mass is 10.1. The summed E-state index contributed by atoms with van der Waals surface area (Å²) in [4.78, 5) is 4.37. The highest BCUT2D eigenvalue weighted by Gasteiger charge is 2.16. The largest absolute Gasteiger partial charge is 0.478 e. The first kappa shape index (κ1) is 14.9. The lowest BCUT2D eigenvalue weighted by Gasteiger charge is -2.22. The molecule has 0 saturated heterocycles. The van der Waals surface area contributed by atoms with E-state index in [4.69, 9.17) is 9.47 Å². The number of nitrogens with one attached hydrogen (secondary N) is 1. The molecule has 0 aliphatic carbocycles. The average Bonchev–Trinajstić information content (AvgIpc) is 2.28. The molecule has 0 saturated carbocycles. The molecular formula is C14H24N2O2. The van der Waals surface area contributed by atoms with Gasteiger partial charge in [0.2, 0.25) is 5.88 Å². The second kappa shape index (κ2) is 6.71. The van der Waals surface area contributed by atoms with Crippen LogP contribution in [-0.4, -0.2) is 31.3 Å². The molecule has 4 nitrogen and oxygen atoms in total. The second-order valence-electron chi connectivity index (χ2n) is 5.05. The van der Waals surface area contributed by atoms with Crippen molar-refractivity contribution in [1.82, 2.24) is 10.3 Å². The molecule has 1 aromatic rings. The highest BCUT2D eigenvalue weighted by molar-refractivity contribution is 5.24. The maximum Gasteiger partial charge on any atom is 0.213 e. The molecule has 0 fully saturated rings. The summed E-state index contributed by atoms with van der Waals surface area (Å²) in [7, 11) is 3.65. The van der Waals surface area contributed by atoms with Crippen LogP contribution in [-0.2, 0) is 11.3 Å². The van der Waals surface area contributed by atoms with Crippen molar-refractivity contribution in [3.8, 4) is 5.88 Å². The standard InChI is InChI=1S/C14H24N2O2/c1-11-8-12(10-15-4)9-13(16-11)18-7-6-14(2,3)17-5/h8-9,15H,6-7,10H2,1-5H3. The van der Waals surface area contributed by atoms with Crippen molar-refractivity contribution in [2.24, 2.45) is 0 Å². The van der Waals surface area contributed by atoms with Gasteiger partial charge in [0.25, 0.3) is 0 Å². The summed E-state index contributed by atoms with van der Waals surface area (Å²) in [5, 5.41) is 3.12. The van der Waals surface area contributed by atoms with Crippen molar-refractivity contribution in [2.45, 2.75) is 39.3 Å². The lowest BCUT2D eigenvalue weighted by molar-refractivity contribution is 0.00507. The van der Waals surface area contributed by atoms with Crippen molar-refractivity contribution in [2.75, 3.05) is 20.8 Å². The fourth-order valence-electron chi connectivity index (χ4n) is 1.59. The molecule has 0 amide bonds. The third kappa shape index (κ3) is 5.02. The fraction of sp³-hybridized carbons (Fsp3) is 0.643. The third-order valence-electron chi connectivity index (χ3n) is 2.88. The first-order chi connectivity index (χ1) is 8.46. The highest BCUT2D eigenvalue weighted by Crippen LogP contribution is 2.16. The molecule has 0 aliphatic heterocycles. The summed E-state index contributed by atoms with van der Waals surface area (Å²) in [6.07, 6.45) is 0.834. The molecule has 0 spiro atoms. The molecule has 102 valence electrons. The normalized spacial score (nSPS) is 11.6. The average molecular weight is 252 g/mol. The van der Waals surface area contributed by atoms with E-state index in [-0.39, 0.29) is 5.60 Å². The van der Waals surface area contributed by atoms with Gasteiger partial charge >= 0.3 is 0 Å². The topological polar surface area (TPSA) is 43.4 Å². The minimum Gasteiger partial charge on any atom is -0.478 e. The van der Waals surface area contributed by atoms with Crippen LogP contribution in [0.25, 0.3) is 0 Å². The third-order valence-corrected chi connectivity index (χ3v) is 2.88. The number of hydrogen-bond acceptors (Lipinski definition) is 4. The summed E-state index contributed by atoms with van der Waals surface area (Å²) >= 11 is 0. The second-order valence-corrected chi connectivity index (χ2v) is 5.05. The number of aromatic nitrogens is 1. The van der Waals surface area contributed by atoms with Crippen LogP contribution in [0, 0.1) is 6.92 Å². The Labute approximate surface area is 110 Å². The Morgan fingerprint density at radius 2 is 2.06 bits per heavy atom. The molecule has 1 rings (SSSR count). The van der Waals surface area contributed by atoms with Gasteiger partial charge in [0.05, 0.1) is 12.2 Å². The lowest BCUT2D eigenvalue weighted by Crippen LogP contribution is -2.25. The Morgan fingerprint density at radius 3 is 2.67 bits per heavy atom. The summed E-state index contributed by atoms with van der Waals surface area (Å²) in [6, 6.07) is 4.03. The molecule has 0 unspecified atom stereocenters. The van der Waals surface area contributed by atoms with Crippen LogP contribution in [0.1, 0.15) is 31.5 Å². The van der Waals surface area contributed by atoms with Crippen LogP contribution < -0.4 is 10.1 Å². The number of aryl methyl sites for hydroxylation is 1. The molecule has 1 heterocycles. The highest BCUT2D eigenvalue weighted by atomic mass is 16.5. The summed E-state index contributed by atoms with van der Waals surface area (Å²) < 4.78 is 11.0. The molecule has 18 heavy (non-hydrogen) atoms. The van der Waals surface area contributed by atoms with Gasteiger partial charge in [0, 0.05) is 31.8 Å². The van der Waals surface area contributed by atoms with Gasteiger partial charge in [-0.2, -0.15) is 0 Å². The monoisotopic (exact) mass is 252 g/mol. The van der Waals surface area contributed by atoms with Gasteiger partial charge in [-0.3, -0.25) is 0 Å². The molecule has 0 bridgehead atoms. The van der Waals surface area contributed by atoms with Crippen LogP contribution in [0.3, 0.4) is 0 Å². The van der Waals surface area contributed by atoms with Gasteiger partial charge in [-0.05, 0) is 39.4 Å². The molecular weight excluding hydrogens is 228 g/mol. The first-order valence-corrected chi connectivity index (χ1v) is 6.27. The maximum atomic E-state index is 5.69. The Bertz CT molecular complexity index is 378. The van der Waals surface area contributed by atoms with Crippen molar-refractivity contribution in [3.05, 3.63) is 23.4 Å². The van der Waals surface area contributed by atoms with E-state index in [1.54, 1.807) is 7.11 Å². The van der Waals surface area contributed by atoms with Crippen molar-refractivity contribution in [1.29, 1.82) is 0 Å².